The van der Waals surface area contributed by atoms with Crippen LogP contribution in [0.1, 0.15) is 12.0 Å². The fourth-order valence-corrected chi connectivity index (χ4v) is 1.85. The molecule has 1 amide bonds. The van der Waals surface area contributed by atoms with Crippen LogP contribution in [-0.2, 0) is 4.79 Å². The lowest BCUT2D eigenvalue weighted by molar-refractivity contribution is -0.116. The Kier molecular flexibility index (Phi) is 5.04. The third kappa shape index (κ3) is 4.03. The maximum absolute atomic E-state index is 13.4. The number of hydrogen-bond donors (Lipinski definition) is 2. The van der Waals surface area contributed by atoms with Gasteiger partial charge in [0.1, 0.15) is 17.7 Å². The van der Waals surface area contributed by atoms with Crippen LogP contribution in [0.4, 0.5) is 20.2 Å². The Morgan fingerprint density at radius 3 is 2.64 bits per heavy atom. The SMILES string of the molecule is N#Cc1ccccc1NCCC(=O)Nc1ccc(F)cc1F. The van der Waals surface area contributed by atoms with Gasteiger partial charge in [-0.25, -0.2) is 8.78 Å². The minimum atomic E-state index is -0.823. The van der Waals surface area contributed by atoms with Crippen LogP contribution in [0.25, 0.3) is 0 Å². The zero-order valence-corrected chi connectivity index (χ0v) is 11.6. The fourth-order valence-electron chi connectivity index (χ4n) is 1.85. The van der Waals surface area contributed by atoms with Crippen LogP contribution in [-0.4, -0.2) is 12.5 Å². The molecular weight excluding hydrogens is 288 g/mol. The highest BCUT2D eigenvalue weighted by Gasteiger charge is 2.08. The molecule has 0 atom stereocenters. The lowest BCUT2D eigenvalue weighted by Crippen LogP contribution is -2.17. The lowest BCUT2D eigenvalue weighted by atomic mass is 10.2. The first-order valence-corrected chi connectivity index (χ1v) is 6.58. The zero-order valence-electron chi connectivity index (χ0n) is 11.6. The Morgan fingerprint density at radius 2 is 1.91 bits per heavy atom. The molecule has 4 nitrogen and oxygen atoms in total. The topological polar surface area (TPSA) is 64.9 Å². The molecule has 0 aliphatic heterocycles. The maximum atomic E-state index is 13.4. The largest absolute Gasteiger partial charge is 0.383 e. The number of nitrogens with zero attached hydrogens (tertiary/aromatic N) is 1. The van der Waals surface area contributed by atoms with Crippen LogP contribution in [0.2, 0.25) is 0 Å². The van der Waals surface area contributed by atoms with Crippen LogP contribution in [0.5, 0.6) is 0 Å². The molecule has 2 N–H and O–H groups in total. The van der Waals surface area contributed by atoms with Crippen molar-refractivity contribution in [3.05, 3.63) is 59.7 Å². The van der Waals surface area contributed by atoms with Crippen molar-refractivity contribution in [1.29, 1.82) is 5.26 Å². The molecule has 0 spiro atoms. The second-order valence-electron chi connectivity index (χ2n) is 4.51. The highest BCUT2D eigenvalue weighted by Crippen LogP contribution is 2.16. The summed E-state index contributed by atoms with van der Waals surface area (Å²) >= 11 is 0. The summed E-state index contributed by atoms with van der Waals surface area (Å²) in [6, 6.07) is 11.9. The standard InChI is InChI=1S/C16H13F2N3O/c17-12-5-6-15(13(18)9-12)21-16(22)7-8-20-14-4-2-1-3-11(14)10-19/h1-6,9,20H,7-8H2,(H,21,22). The summed E-state index contributed by atoms with van der Waals surface area (Å²) in [6.45, 7) is 0.285. The number of carbonyl (C=O) groups is 1. The van der Waals surface area contributed by atoms with Crippen LogP contribution in [0.15, 0.2) is 42.5 Å². The van der Waals surface area contributed by atoms with Gasteiger partial charge < -0.3 is 10.6 Å². The number of rotatable bonds is 5. The number of para-hydroxylation sites is 1. The average molecular weight is 301 g/mol. The number of amides is 1. The first-order chi connectivity index (χ1) is 10.6. The van der Waals surface area contributed by atoms with Gasteiger partial charge in [0.15, 0.2) is 0 Å². The predicted molar refractivity (Wildman–Crippen MR) is 79.3 cm³/mol. The van der Waals surface area contributed by atoms with Gasteiger partial charge in [0.2, 0.25) is 5.91 Å². The number of nitrogens with one attached hydrogen (secondary N) is 2. The van der Waals surface area contributed by atoms with Crippen molar-refractivity contribution in [2.45, 2.75) is 6.42 Å². The predicted octanol–water partition coefficient (Wildman–Crippen LogP) is 3.28. The van der Waals surface area contributed by atoms with E-state index in [1.54, 1.807) is 24.3 Å². The number of anilines is 2. The van der Waals surface area contributed by atoms with Gasteiger partial charge in [0.25, 0.3) is 0 Å². The molecule has 2 aromatic carbocycles. The second kappa shape index (κ2) is 7.18. The van der Waals surface area contributed by atoms with Crippen LogP contribution in [0, 0.1) is 23.0 Å². The maximum Gasteiger partial charge on any atom is 0.226 e. The second-order valence-corrected chi connectivity index (χ2v) is 4.51. The molecule has 0 aliphatic carbocycles. The summed E-state index contributed by atoms with van der Waals surface area (Å²) in [4.78, 5) is 11.7. The van der Waals surface area contributed by atoms with E-state index in [4.69, 9.17) is 5.26 Å². The smallest absolute Gasteiger partial charge is 0.226 e. The minimum absolute atomic E-state index is 0.0659. The average Bonchev–Trinajstić information content (AvgIpc) is 2.50. The van der Waals surface area contributed by atoms with Gasteiger partial charge in [-0.1, -0.05) is 12.1 Å². The monoisotopic (exact) mass is 301 g/mol. The van der Waals surface area contributed by atoms with Gasteiger partial charge in [-0.05, 0) is 24.3 Å². The van der Waals surface area contributed by atoms with E-state index in [1.165, 1.54) is 6.07 Å². The van der Waals surface area contributed by atoms with Gasteiger partial charge in [-0.2, -0.15) is 5.26 Å². The van der Waals surface area contributed by atoms with Crippen molar-refractivity contribution < 1.29 is 13.6 Å². The number of hydrogen-bond acceptors (Lipinski definition) is 3. The third-order valence-electron chi connectivity index (χ3n) is 2.92. The summed E-state index contributed by atoms with van der Waals surface area (Å²) in [5.41, 5.74) is 1.04. The van der Waals surface area contributed by atoms with Crippen LogP contribution < -0.4 is 10.6 Å². The van der Waals surface area contributed by atoms with Crippen LogP contribution in [0.3, 0.4) is 0 Å². The molecule has 0 aliphatic rings. The van der Waals surface area contributed by atoms with Gasteiger partial charge in [-0.15, -0.1) is 0 Å². The molecule has 22 heavy (non-hydrogen) atoms. The van der Waals surface area contributed by atoms with Crippen molar-refractivity contribution in [1.82, 2.24) is 0 Å². The molecule has 0 unspecified atom stereocenters. The molecular formula is C16H13F2N3O. The minimum Gasteiger partial charge on any atom is -0.383 e. The molecule has 112 valence electrons. The Hall–Kier alpha value is -2.94. The molecule has 0 heterocycles. The summed E-state index contributed by atoms with van der Waals surface area (Å²) in [6.07, 6.45) is 0.0799. The van der Waals surface area contributed by atoms with E-state index in [-0.39, 0.29) is 18.7 Å². The highest BCUT2D eigenvalue weighted by molar-refractivity contribution is 5.91. The Morgan fingerprint density at radius 1 is 1.14 bits per heavy atom. The molecule has 0 bridgehead atoms. The number of carbonyl (C=O) groups excluding carboxylic acids is 1. The quantitative estimate of drug-likeness (QED) is 0.890. The molecule has 0 aromatic heterocycles. The van der Waals surface area contributed by atoms with Crippen molar-refractivity contribution >= 4 is 17.3 Å². The van der Waals surface area contributed by atoms with E-state index < -0.39 is 17.5 Å². The molecule has 6 heteroatoms. The van der Waals surface area contributed by atoms with E-state index in [2.05, 4.69) is 10.6 Å². The number of benzene rings is 2. The molecule has 0 saturated carbocycles. The Bertz CT molecular complexity index is 726. The van der Waals surface area contributed by atoms with Crippen LogP contribution >= 0.6 is 0 Å². The van der Waals surface area contributed by atoms with Gasteiger partial charge in [-0.3, -0.25) is 4.79 Å². The highest BCUT2D eigenvalue weighted by atomic mass is 19.1. The fraction of sp³-hybridized carbons (Fsp3) is 0.125. The van der Waals surface area contributed by atoms with E-state index >= 15 is 0 Å². The van der Waals surface area contributed by atoms with Gasteiger partial charge in [0, 0.05) is 19.0 Å². The Balaban J connectivity index is 1.87. The van der Waals surface area contributed by atoms with Crippen molar-refractivity contribution in [3.63, 3.8) is 0 Å². The van der Waals surface area contributed by atoms with E-state index in [9.17, 15) is 13.6 Å². The first kappa shape index (κ1) is 15.4. The summed E-state index contributed by atoms with van der Waals surface area (Å²) < 4.78 is 26.1. The molecule has 0 fully saturated rings. The van der Waals surface area contributed by atoms with E-state index in [1.807, 2.05) is 6.07 Å². The number of nitriles is 1. The van der Waals surface area contributed by atoms with E-state index in [0.717, 1.165) is 6.07 Å². The third-order valence-corrected chi connectivity index (χ3v) is 2.92. The molecule has 0 radical (unpaired) electrons. The van der Waals surface area contributed by atoms with Crippen molar-refractivity contribution in [2.24, 2.45) is 0 Å². The Labute approximate surface area is 126 Å². The number of halogens is 2. The van der Waals surface area contributed by atoms with Gasteiger partial charge >= 0.3 is 0 Å². The zero-order chi connectivity index (χ0) is 15.9. The van der Waals surface area contributed by atoms with Gasteiger partial charge in [0.05, 0.1) is 16.9 Å². The first-order valence-electron chi connectivity index (χ1n) is 6.58. The molecule has 0 saturated heterocycles. The summed E-state index contributed by atoms with van der Waals surface area (Å²) in [7, 11) is 0. The summed E-state index contributed by atoms with van der Waals surface area (Å²) in [5.74, 6) is -1.94. The van der Waals surface area contributed by atoms with Crippen molar-refractivity contribution in [2.75, 3.05) is 17.2 Å². The normalized spacial score (nSPS) is 9.86. The molecule has 2 rings (SSSR count). The molecule has 2 aromatic rings. The lowest BCUT2D eigenvalue weighted by Gasteiger charge is -2.09. The summed E-state index contributed by atoms with van der Waals surface area (Å²) in [5, 5.41) is 14.3. The van der Waals surface area contributed by atoms with Crippen molar-refractivity contribution in [3.8, 4) is 6.07 Å². The van der Waals surface area contributed by atoms with E-state index in [0.29, 0.717) is 17.3 Å².